The molecule has 0 spiro atoms. The number of aryl methyl sites for hydroxylation is 1. The van der Waals surface area contributed by atoms with Gasteiger partial charge in [0.05, 0.1) is 7.11 Å². The van der Waals surface area contributed by atoms with Gasteiger partial charge in [0.2, 0.25) is 0 Å². The molecule has 2 atom stereocenters. The van der Waals surface area contributed by atoms with E-state index in [4.69, 9.17) is 4.74 Å². The van der Waals surface area contributed by atoms with E-state index in [0.717, 1.165) is 24.1 Å². The Morgan fingerprint density at radius 3 is 2.50 bits per heavy atom. The lowest BCUT2D eigenvalue weighted by Crippen LogP contribution is -2.50. The van der Waals surface area contributed by atoms with Crippen LogP contribution in [-0.2, 0) is 9.53 Å². The molecule has 1 aromatic carbocycles. The van der Waals surface area contributed by atoms with Gasteiger partial charge < -0.3 is 10.1 Å². The van der Waals surface area contributed by atoms with Crippen LogP contribution in [0.15, 0.2) is 24.3 Å². The van der Waals surface area contributed by atoms with Gasteiger partial charge in [0.15, 0.2) is 0 Å². The highest BCUT2D eigenvalue weighted by Crippen LogP contribution is 2.49. The largest absolute Gasteiger partial charge is 0.467 e. The van der Waals surface area contributed by atoms with Crippen molar-refractivity contribution in [3.8, 4) is 0 Å². The number of carbonyl (C=O) groups is 1. The number of methoxy groups -OCH3 is 1. The van der Waals surface area contributed by atoms with E-state index in [1.165, 1.54) is 7.11 Å². The van der Waals surface area contributed by atoms with Crippen LogP contribution in [0.4, 0.5) is 5.69 Å². The molecule has 0 heterocycles. The third-order valence-corrected chi connectivity index (χ3v) is 4.51. The van der Waals surface area contributed by atoms with Crippen LogP contribution in [-0.4, -0.2) is 18.6 Å². The first-order valence-corrected chi connectivity index (χ1v) is 7.23. The molecule has 1 saturated carbocycles. The molecular formula is C17H25NO2. The minimum atomic E-state index is -0.621. The Kier molecular flexibility index (Phi) is 3.81. The van der Waals surface area contributed by atoms with Crippen molar-refractivity contribution < 1.29 is 9.53 Å². The van der Waals surface area contributed by atoms with Gasteiger partial charge in [0.1, 0.15) is 5.54 Å². The average Bonchev–Trinajstić information content (AvgIpc) is 2.61. The topological polar surface area (TPSA) is 38.3 Å². The van der Waals surface area contributed by atoms with Crippen molar-refractivity contribution in [1.29, 1.82) is 0 Å². The molecule has 0 saturated heterocycles. The predicted octanol–water partition coefficient (Wildman–Crippen LogP) is 3.77. The van der Waals surface area contributed by atoms with Crippen molar-refractivity contribution >= 4 is 11.7 Å². The summed E-state index contributed by atoms with van der Waals surface area (Å²) in [4.78, 5) is 12.5. The maximum absolute atomic E-state index is 12.5. The zero-order valence-corrected chi connectivity index (χ0v) is 13.1. The first-order valence-electron chi connectivity index (χ1n) is 7.23. The smallest absolute Gasteiger partial charge is 0.331 e. The summed E-state index contributed by atoms with van der Waals surface area (Å²) in [5, 5.41) is 3.50. The molecule has 2 unspecified atom stereocenters. The molecule has 20 heavy (non-hydrogen) atoms. The van der Waals surface area contributed by atoms with Crippen LogP contribution in [0.1, 0.15) is 39.2 Å². The quantitative estimate of drug-likeness (QED) is 0.853. The Balaban J connectivity index is 2.40. The van der Waals surface area contributed by atoms with E-state index in [0.29, 0.717) is 0 Å². The summed E-state index contributed by atoms with van der Waals surface area (Å²) in [5.74, 6) is 0.0865. The minimum absolute atomic E-state index is 0.142. The molecule has 0 aliphatic heterocycles. The first-order chi connectivity index (χ1) is 9.31. The second-order valence-corrected chi connectivity index (χ2v) is 6.85. The average molecular weight is 275 g/mol. The SMILES string of the molecule is COC(=O)C1(Nc2ccccc2C)CC(C)(C)CC1C. The zero-order valence-electron chi connectivity index (χ0n) is 13.1. The summed E-state index contributed by atoms with van der Waals surface area (Å²) < 4.78 is 5.11. The fourth-order valence-corrected chi connectivity index (χ4v) is 3.63. The molecule has 1 aromatic rings. The summed E-state index contributed by atoms with van der Waals surface area (Å²) in [7, 11) is 1.47. The number of anilines is 1. The molecule has 1 N–H and O–H groups in total. The molecule has 0 bridgehead atoms. The number of nitrogens with one attached hydrogen (secondary N) is 1. The number of esters is 1. The molecule has 0 aromatic heterocycles. The van der Waals surface area contributed by atoms with Crippen LogP contribution in [0.25, 0.3) is 0 Å². The van der Waals surface area contributed by atoms with E-state index in [1.54, 1.807) is 0 Å². The Hall–Kier alpha value is -1.51. The molecule has 0 amide bonds. The molecule has 1 aliphatic rings. The van der Waals surface area contributed by atoms with Gasteiger partial charge in [-0.1, -0.05) is 39.0 Å². The van der Waals surface area contributed by atoms with E-state index < -0.39 is 5.54 Å². The number of benzene rings is 1. The van der Waals surface area contributed by atoms with E-state index in [2.05, 4.69) is 39.1 Å². The van der Waals surface area contributed by atoms with Crippen molar-refractivity contribution in [2.24, 2.45) is 11.3 Å². The van der Waals surface area contributed by atoms with Crippen molar-refractivity contribution in [3.05, 3.63) is 29.8 Å². The third-order valence-electron chi connectivity index (χ3n) is 4.51. The van der Waals surface area contributed by atoms with Crippen LogP contribution in [0.2, 0.25) is 0 Å². The van der Waals surface area contributed by atoms with Crippen LogP contribution in [0, 0.1) is 18.3 Å². The van der Waals surface area contributed by atoms with Crippen LogP contribution < -0.4 is 5.32 Å². The summed E-state index contributed by atoms with van der Waals surface area (Å²) >= 11 is 0. The third kappa shape index (κ3) is 2.54. The minimum Gasteiger partial charge on any atom is -0.467 e. The van der Waals surface area contributed by atoms with Crippen molar-refractivity contribution in [2.75, 3.05) is 12.4 Å². The van der Waals surface area contributed by atoms with Crippen LogP contribution in [0.3, 0.4) is 0 Å². The molecule has 2 rings (SSSR count). The molecule has 0 radical (unpaired) electrons. The van der Waals surface area contributed by atoms with Gasteiger partial charge in [0.25, 0.3) is 0 Å². The highest BCUT2D eigenvalue weighted by atomic mass is 16.5. The van der Waals surface area contributed by atoms with Crippen molar-refractivity contribution in [3.63, 3.8) is 0 Å². The van der Waals surface area contributed by atoms with E-state index in [1.807, 2.05) is 18.2 Å². The Labute approximate surface area is 121 Å². The van der Waals surface area contributed by atoms with Gasteiger partial charge in [-0.3, -0.25) is 0 Å². The standard InChI is InChI=1S/C17H25NO2/c1-12-8-6-7-9-14(12)18-17(15(19)20-5)11-16(3,4)10-13(17)2/h6-9,13,18H,10-11H2,1-5H3. The summed E-state index contributed by atoms with van der Waals surface area (Å²) in [6, 6.07) is 8.08. The monoisotopic (exact) mass is 275 g/mol. The van der Waals surface area contributed by atoms with Gasteiger partial charge in [-0.25, -0.2) is 4.79 Å². The number of hydrogen-bond donors (Lipinski definition) is 1. The van der Waals surface area contributed by atoms with Crippen LogP contribution >= 0.6 is 0 Å². The second-order valence-electron chi connectivity index (χ2n) is 6.85. The van der Waals surface area contributed by atoms with E-state index in [9.17, 15) is 4.79 Å². The van der Waals surface area contributed by atoms with Gasteiger partial charge in [-0.2, -0.15) is 0 Å². The number of hydrogen-bond acceptors (Lipinski definition) is 3. The molecule has 3 heteroatoms. The Bertz CT molecular complexity index is 509. The molecule has 1 fully saturated rings. The van der Waals surface area contributed by atoms with Gasteiger partial charge in [-0.05, 0) is 42.7 Å². The molecule has 1 aliphatic carbocycles. The maximum atomic E-state index is 12.5. The summed E-state index contributed by atoms with van der Waals surface area (Å²) in [6.45, 7) is 8.62. The molecule has 3 nitrogen and oxygen atoms in total. The predicted molar refractivity (Wildman–Crippen MR) is 81.7 cm³/mol. The molecular weight excluding hydrogens is 250 g/mol. The number of rotatable bonds is 3. The van der Waals surface area contributed by atoms with Crippen molar-refractivity contribution in [1.82, 2.24) is 0 Å². The van der Waals surface area contributed by atoms with Crippen molar-refractivity contribution in [2.45, 2.75) is 46.1 Å². The molecule has 110 valence electrons. The normalized spacial score (nSPS) is 28.1. The fourth-order valence-electron chi connectivity index (χ4n) is 3.63. The summed E-state index contributed by atoms with van der Waals surface area (Å²) in [5.41, 5.74) is 1.68. The lowest BCUT2D eigenvalue weighted by molar-refractivity contribution is -0.147. The highest BCUT2D eigenvalue weighted by molar-refractivity contribution is 5.86. The number of carbonyl (C=O) groups excluding carboxylic acids is 1. The van der Waals surface area contributed by atoms with Crippen LogP contribution in [0.5, 0.6) is 0 Å². The van der Waals surface area contributed by atoms with Gasteiger partial charge >= 0.3 is 5.97 Å². The summed E-state index contributed by atoms with van der Waals surface area (Å²) in [6.07, 6.45) is 1.81. The number of ether oxygens (including phenoxy) is 1. The Morgan fingerprint density at radius 1 is 1.35 bits per heavy atom. The van der Waals surface area contributed by atoms with E-state index in [-0.39, 0.29) is 17.3 Å². The lowest BCUT2D eigenvalue weighted by Gasteiger charge is -2.34. The van der Waals surface area contributed by atoms with Gasteiger partial charge in [-0.15, -0.1) is 0 Å². The highest BCUT2D eigenvalue weighted by Gasteiger charge is 2.54. The fraction of sp³-hybridized carbons (Fsp3) is 0.588. The maximum Gasteiger partial charge on any atom is 0.331 e. The van der Waals surface area contributed by atoms with Gasteiger partial charge in [0, 0.05) is 5.69 Å². The first kappa shape index (κ1) is 14.9. The number of para-hydroxylation sites is 1. The second kappa shape index (κ2) is 5.12. The Morgan fingerprint density at radius 2 is 2.00 bits per heavy atom. The lowest BCUT2D eigenvalue weighted by atomic mass is 9.85. The zero-order chi connectivity index (χ0) is 15.0. The van der Waals surface area contributed by atoms with E-state index >= 15 is 0 Å².